The number of rotatable bonds is 4. The number of nitrogens with zero attached hydrogens (tertiary/aromatic N) is 5. The van der Waals surface area contributed by atoms with E-state index in [0.717, 1.165) is 42.4 Å². The molecule has 1 saturated heterocycles. The quantitative estimate of drug-likeness (QED) is 0.435. The molecular formula is C25H31FN5O3+. The second-order valence-corrected chi connectivity index (χ2v) is 9.52. The molecule has 0 bridgehead atoms. The number of aromatic nitrogens is 3. The fraction of sp³-hybridized carbons (Fsp3) is 0.480. The number of halogens is 1. The molecule has 0 unspecified atom stereocenters. The largest absolute Gasteiger partial charge is 0.593 e. The van der Waals surface area contributed by atoms with E-state index < -0.39 is 5.95 Å². The predicted molar refractivity (Wildman–Crippen MR) is 129 cm³/mol. The summed E-state index contributed by atoms with van der Waals surface area (Å²) < 4.78 is 16.9. The number of aryl methyl sites for hydroxylation is 1. The molecule has 2 N–H and O–H groups in total. The minimum absolute atomic E-state index is 0.0326. The van der Waals surface area contributed by atoms with Gasteiger partial charge in [0.2, 0.25) is 11.9 Å². The van der Waals surface area contributed by atoms with E-state index in [4.69, 9.17) is 5.11 Å². The van der Waals surface area contributed by atoms with Crippen LogP contribution in [0.15, 0.2) is 41.3 Å². The van der Waals surface area contributed by atoms with Crippen molar-refractivity contribution in [3.05, 3.63) is 53.0 Å². The third kappa shape index (κ3) is 4.26. The second kappa shape index (κ2) is 9.12. The van der Waals surface area contributed by atoms with Crippen molar-refractivity contribution in [1.29, 1.82) is 0 Å². The molecule has 2 fully saturated rings. The van der Waals surface area contributed by atoms with E-state index in [1.165, 1.54) is 12.3 Å². The summed E-state index contributed by atoms with van der Waals surface area (Å²) in [5.41, 5.74) is 2.41. The molecule has 180 valence electrons. The topological polar surface area (TPSA) is 86.3 Å². The lowest BCUT2D eigenvalue weighted by atomic mass is 9.81. The summed E-state index contributed by atoms with van der Waals surface area (Å²) in [6, 6.07) is 8.53. The van der Waals surface area contributed by atoms with Crippen LogP contribution < -0.4 is 10.6 Å². The van der Waals surface area contributed by atoms with Crippen LogP contribution in [-0.4, -0.2) is 56.2 Å². The lowest BCUT2D eigenvalue weighted by molar-refractivity contribution is -0.137. The Labute approximate surface area is 197 Å². The van der Waals surface area contributed by atoms with Crippen molar-refractivity contribution in [2.24, 2.45) is 18.9 Å². The van der Waals surface area contributed by atoms with E-state index in [2.05, 4.69) is 9.88 Å². The first-order valence-electron chi connectivity index (χ1n) is 12.0. The summed E-state index contributed by atoms with van der Waals surface area (Å²) in [6.45, 7) is 3.29. The molecule has 8 nitrogen and oxygen atoms in total. The van der Waals surface area contributed by atoms with Gasteiger partial charge in [-0.15, -0.1) is 0 Å². The average molecular weight is 469 g/mol. The maximum Gasteiger partial charge on any atom is 0.328 e. The van der Waals surface area contributed by atoms with Crippen molar-refractivity contribution < 1.29 is 14.3 Å². The first-order chi connectivity index (χ1) is 16.4. The van der Waals surface area contributed by atoms with Crippen LogP contribution in [0, 0.1) is 17.8 Å². The Morgan fingerprint density at radius 2 is 1.79 bits per heavy atom. The third-order valence-electron chi connectivity index (χ3n) is 7.45. The number of carbonyl (C=O) groups excluding carboxylic acids is 1. The van der Waals surface area contributed by atoms with E-state index in [0.29, 0.717) is 44.4 Å². The van der Waals surface area contributed by atoms with Gasteiger partial charge in [0.1, 0.15) is 0 Å². The van der Waals surface area contributed by atoms with Gasteiger partial charge < -0.3 is 14.9 Å². The Balaban J connectivity index is 1.17. The van der Waals surface area contributed by atoms with Crippen molar-refractivity contribution >= 4 is 22.6 Å². The van der Waals surface area contributed by atoms with Gasteiger partial charge >= 0.3 is 5.69 Å². The van der Waals surface area contributed by atoms with Gasteiger partial charge in [-0.05, 0) is 43.7 Å². The summed E-state index contributed by atoms with van der Waals surface area (Å²) in [5.74, 6) is 0.514. The second-order valence-electron chi connectivity index (χ2n) is 9.52. The number of anilines is 1. The molecule has 1 aliphatic carbocycles. The molecule has 0 atom stereocenters. The molecule has 1 amide bonds. The summed E-state index contributed by atoms with van der Waals surface area (Å²) in [5, 5.41) is 7.93. The lowest BCUT2D eigenvalue weighted by Crippen LogP contribution is -2.50. The smallest absolute Gasteiger partial charge is 0.328 e. The van der Waals surface area contributed by atoms with Crippen molar-refractivity contribution in [2.75, 3.05) is 31.1 Å². The predicted octanol–water partition coefficient (Wildman–Crippen LogP) is 2.47. The molecule has 34 heavy (non-hydrogen) atoms. The molecule has 1 aliphatic heterocycles. The van der Waals surface area contributed by atoms with E-state index >= 15 is 0 Å². The van der Waals surface area contributed by atoms with Crippen molar-refractivity contribution in [2.45, 2.75) is 32.2 Å². The minimum Gasteiger partial charge on any atom is -0.593 e. The Morgan fingerprint density at radius 3 is 2.50 bits per heavy atom. The number of piperazine rings is 1. The van der Waals surface area contributed by atoms with Gasteiger partial charge in [-0.1, -0.05) is 0 Å². The molecule has 3 aromatic rings. The molecule has 1 aromatic carbocycles. The number of carbonyl (C=O) groups is 1. The van der Waals surface area contributed by atoms with Gasteiger partial charge in [0.25, 0.3) is 5.75 Å². The number of fused-ring (bicyclic) bond motifs is 1. The molecule has 0 radical (unpaired) electrons. The Kier molecular flexibility index (Phi) is 6.02. The Hall–Kier alpha value is -3.36. The lowest BCUT2D eigenvalue weighted by Gasteiger charge is -2.38. The monoisotopic (exact) mass is 468 g/mol. The molecule has 2 aromatic heterocycles. The van der Waals surface area contributed by atoms with Gasteiger partial charge in [-0.25, -0.2) is 9.78 Å². The molecule has 1 saturated carbocycles. The molecule has 0 spiro atoms. The molecular weight excluding hydrogens is 437 g/mol. The standard InChI is InChI=1S/C25H30FN5O3/c1-28-21-7-6-20(32)15-22(21)31(25(28)34)16-17-2-4-18(5-3-17)24(33)30-12-10-29(11-13-30)19-8-9-27-23(26)14-19/h6-9,14-15,17-18,32H,2-5,10-13,16H2,1H3/p+1. The molecule has 2 aliphatic rings. The van der Waals surface area contributed by atoms with Crippen LogP contribution in [0.25, 0.3) is 11.0 Å². The van der Waals surface area contributed by atoms with Crippen LogP contribution in [0.2, 0.25) is 0 Å². The maximum atomic E-state index is 13.4. The van der Waals surface area contributed by atoms with Gasteiger partial charge in [0.15, 0.2) is 0 Å². The number of benzene rings is 1. The van der Waals surface area contributed by atoms with E-state index in [1.54, 1.807) is 34.4 Å². The van der Waals surface area contributed by atoms with Crippen LogP contribution in [0.4, 0.5) is 10.1 Å². The summed E-state index contributed by atoms with van der Waals surface area (Å²) in [4.78, 5) is 33.6. The van der Waals surface area contributed by atoms with Crippen molar-refractivity contribution in [3.63, 3.8) is 0 Å². The minimum atomic E-state index is -0.487. The van der Waals surface area contributed by atoms with Gasteiger partial charge in [0.05, 0.1) is 17.1 Å². The van der Waals surface area contributed by atoms with Crippen LogP contribution in [0.3, 0.4) is 0 Å². The molecule has 5 rings (SSSR count). The SMILES string of the molecule is Cn1c(=O)n(CC2CCC(C(=O)N3CCN(c4ccnc(F)c4)CC3)CC2)c2cc([OH2+])ccc21. The van der Waals surface area contributed by atoms with Crippen molar-refractivity contribution in [3.8, 4) is 5.75 Å². The number of imidazole rings is 1. The summed E-state index contributed by atoms with van der Waals surface area (Å²) in [7, 11) is 1.77. The summed E-state index contributed by atoms with van der Waals surface area (Å²) in [6.07, 6.45) is 4.97. The molecule has 3 heterocycles. The highest BCUT2D eigenvalue weighted by Gasteiger charge is 2.32. The summed E-state index contributed by atoms with van der Waals surface area (Å²) >= 11 is 0. The molecule has 9 heteroatoms. The van der Waals surface area contributed by atoms with Crippen LogP contribution in [-0.2, 0) is 18.4 Å². The maximum absolute atomic E-state index is 13.4. The zero-order chi connectivity index (χ0) is 23.8. The zero-order valence-corrected chi connectivity index (χ0v) is 19.4. The highest BCUT2D eigenvalue weighted by Crippen LogP contribution is 2.32. The third-order valence-corrected chi connectivity index (χ3v) is 7.45. The normalized spacial score (nSPS) is 21.2. The van der Waals surface area contributed by atoms with Crippen LogP contribution in [0.1, 0.15) is 25.7 Å². The van der Waals surface area contributed by atoms with Crippen molar-refractivity contribution in [1.82, 2.24) is 19.0 Å². The Bertz CT molecular complexity index is 1250. The average Bonchev–Trinajstić information content (AvgIpc) is 3.08. The Morgan fingerprint density at radius 1 is 1.06 bits per heavy atom. The first-order valence-corrected chi connectivity index (χ1v) is 12.0. The van der Waals surface area contributed by atoms with Gasteiger partial charge in [-0.2, -0.15) is 4.39 Å². The zero-order valence-electron chi connectivity index (χ0n) is 19.4. The fourth-order valence-corrected chi connectivity index (χ4v) is 5.47. The van der Waals surface area contributed by atoms with Crippen LogP contribution in [0.5, 0.6) is 5.75 Å². The fourth-order valence-electron chi connectivity index (χ4n) is 5.47. The first kappa shape index (κ1) is 22.4. The van der Waals surface area contributed by atoms with E-state index in [9.17, 15) is 14.0 Å². The van der Waals surface area contributed by atoms with E-state index in [-0.39, 0.29) is 17.5 Å². The van der Waals surface area contributed by atoms with E-state index in [1.807, 2.05) is 11.0 Å². The number of pyridine rings is 1. The van der Waals surface area contributed by atoms with Gasteiger partial charge in [0, 0.05) is 69.7 Å². The number of hydrogen-bond donors (Lipinski definition) is 0. The number of amides is 1. The number of hydrogen-bond acceptors (Lipinski definition) is 4. The highest BCUT2D eigenvalue weighted by atomic mass is 19.1. The highest BCUT2D eigenvalue weighted by molar-refractivity contribution is 5.79. The van der Waals surface area contributed by atoms with Crippen LogP contribution >= 0.6 is 0 Å². The van der Waals surface area contributed by atoms with Gasteiger partial charge in [-0.3, -0.25) is 13.9 Å².